The van der Waals surface area contributed by atoms with Gasteiger partial charge >= 0.3 is 6.03 Å². The van der Waals surface area contributed by atoms with Crippen molar-refractivity contribution in [2.45, 2.75) is 156 Å². The van der Waals surface area contributed by atoms with Crippen LogP contribution < -0.4 is 30.1 Å². The molecule has 1 saturated heterocycles. The van der Waals surface area contributed by atoms with Gasteiger partial charge in [0.15, 0.2) is 0 Å². The number of pyridine rings is 1. The smallest absolute Gasteiger partial charge is 0.315 e. The molecular formula is C43H56N6O8S. The number of urea groups is 1. The second-order valence-electron chi connectivity index (χ2n) is 18.3. The molecule has 0 bridgehead atoms. The van der Waals surface area contributed by atoms with E-state index in [0.29, 0.717) is 50.0 Å². The fraction of sp³-hybridized carbons (Fsp3) is 0.651. The minimum Gasteiger partial charge on any atom is -0.497 e. The molecule has 1 aromatic heterocycles. The van der Waals surface area contributed by atoms with Crippen LogP contribution in [0.1, 0.15) is 127 Å². The third-order valence-electron chi connectivity index (χ3n) is 14.0. The molecule has 58 heavy (non-hydrogen) atoms. The molecule has 5 atom stereocenters. The molecule has 4 aliphatic carbocycles. The highest BCUT2D eigenvalue weighted by Crippen LogP contribution is 2.52. The number of nitrogens with one attached hydrogen (secondary N) is 4. The first-order chi connectivity index (χ1) is 27.8. The second-order valence-corrected chi connectivity index (χ2v) is 20.5. The second kappa shape index (κ2) is 14.7. The van der Waals surface area contributed by atoms with E-state index in [1.165, 1.54) is 0 Å². The molecule has 0 unspecified atom stereocenters. The zero-order valence-electron chi connectivity index (χ0n) is 33.6. The minimum absolute atomic E-state index is 0.0545. The van der Waals surface area contributed by atoms with E-state index in [9.17, 15) is 27.6 Å². The largest absolute Gasteiger partial charge is 0.497 e. The molecule has 0 radical (unpaired) electrons. The molecule has 4 saturated carbocycles. The molecule has 312 valence electrons. The molecule has 3 aliphatic heterocycles. The lowest BCUT2D eigenvalue weighted by Gasteiger charge is -2.37. The van der Waals surface area contributed by atoms with Crippen molar-refractivity contribution in [3.63, 3.8) is 0 Å². The molecule has 5 fully saturated rings. The molecule has 1 spiro atoms. The summed E-state index contributed by atoms with van der Waals surface area (Å²) < 4.78 is 40.6. The maximum atomic E-state index is 14.9. The highest BCUT2D eigenvalue weighted by Gasteiger charge is 2.64. The molecule has 5 amide bonds. The van der Waals surface area contributed by atoms with Crippen molar-refractivity contribution < 1.29 is 37.1 Å². The first kappa shape index (κ1) is 39.1. The number of aromatic nitrogens is 1. The molecule has 9 rings (SSSR count). The van der Waals surface area contributed by atoms with Crippen LogP contribution in [0.2, 0.25) is 0 Å². The third kappa shape index (κ3) is 7.29. The summed E-state index contributed by atoms with van der Waals surface area (Å²) >= 11 is 0. The lowest BCUT2D eigenvalue weighted by Crippen LogP contribution is -2.59. The highest BCUT2D eigenvalue weighted by atomic mass is 32.2. The molecule has 4 heterocycles. The SMILES string of the molecule is COc1ccc2nc(C3CC3)c3c(c2c1)CC[C@]1(C[C@H]2C(=O)N[C@]4(C(=O)NS(=O)(=O)C5(C)CC5)C[C@H]4C=CCCCCC[C@H](NC(=O)NC4CCCC4)C(=O)N2C1)O3. The van der Waals surface area contributed by atoms with E-state index in [4.69, 9.17) is 14.5 Å². The Kier molecular flexibility index (Phi) is 9.91. The van der Waals surface area contributed by atoms with Gasteiger partial charge in [0.05, 0.1) is 29.6 Å². The Morgan fingerprint density at radius 1 is 0.983 bits per heavy atom. The van der Waals surface area contributed by atoms with Gasteiger partial charge in [-0.05, 0) is 102 Å². The molecule has 4 N–H and O–H groups in total. The van der Waals surface area contributed by atoms with Crippen molar-refractivity contribution in [1.29, 1.82) is 0 Å². The summed E-state index contributed by atoms with van der Waals surface area (Å²) in [4.78, 5) is 63.9. The van der Waals surface area contributed by atoms with Crippen LogP contribution >= 0.6 is 0 Å². The highest BCUT2D eigenvalue weighted by molar-refractivity contribution is 7.91. The first-order valence-electron chi connectivity index (χ1n) is 21.5. The number of ether oxygens (including phenoxy) is 2. The van der Waals surface area contributed by atoms with Crippen LogP contribution in [0.25, 0.3) is 10.9 Å². The Hall–Kier alpha value is -4.40. The fourth-order valence-corrected chi connectivity index (χ4v) is 11.1. The lowest BCUT2D eigenvalue weighted by atomic mass is 9.86. The number of aryl methyl sites for hydroxylation is 1. The van der Waals surface area contributed by atoms with Crippen LogP contribution in [0.4, 0.5) is 4.79 Å². The van der Waals surface area contributed by atoms with E-state index in [-0.39, 0.29) is 37.3 Å². The van der Waals surface area contributed by atoms with Gasteiger partial charge in [0.1, 0.15) is 34.7 Å². The molecule has 7 aliphatic rings. The topological polar surface area (TPSA) is 185 Å². The van der Waals surface area contributed by atoms with Crippen molar-refractivity contribution >= 4 is 44.7 Å². The third-order valence-corrected chi connectivity index (χ3v) is 16.2. The average Bonchev–Trinajstić information content (AvgIpc) is 4.17. The summed E-state index contributed by atoms with van der Waals surface area (Å²) in [5.41, 5.74) is 0.356. The molecule has 14 nitrogen and oxygen atoms in total. The first-order valence-corrected chi connectivity index (χ1v) is 22.9. The number of methoxy groups -OCH3 is 1. The number of allylic oxidation sites excluding steroid dienone is 1. The van der Waals surface area contributed by atoms with Gasteiger partial charge in [-0.15, -0.1) is 0 Å². The summed E-state index contributed by atoms with van der Waals surface area (Å²) in [5, 5.41) is 10.0. The van der Waals surface area contributed by atoms with Crippen molar-refractivity contribution in [2.24, 2.45) is 5.92 Å². The number of benzene rings is 1. The van der Waals surface area contributed by atoms with Crippen LogP contribution in [0.5, 0.6) is 11.5 Å². The van der Waals surface area contributed by atoms with Crippen molar-refractivity contribution in [1.82, 2.24) is 30.6 Å². The Bertz CT molecular complexity index is 2160. The van der Waals surface area contributed by atoms with Gasteiger partial charge in [0.2, 0.25) is 21.8 Å². The summed E-state index contributed by atoms with van der Waals surface area (Å²) in [6.07, 6.45) is 15.7. The van der Waals surface area contributed by atoms with Crippen LogP contribution in [-0.2, 0) is 30.8 Å². The van der Waals surface area contributed by atoms with Crippen LogP contribution in [-0.4, -0.2) is 89.7 Å². The zero-order valence-corrected chi connectivity index (χ0v) is 34.4. The molecular weight excluding hydrogens is 761 g/mol. The Morgan fingerprint density at radius 2 is 1.76 bits per heavy atom. The maximum Gasteiger partial charge on any atom is 0.315 e. The Balaban J connectivity index is 1.06. The molecule has 15 heteroatoms. The minimum atomic E-state index is -3.98. The summed E-state index contributed by atoms with van der Waals surface area (Å²) in [5.74, 6) is -0.414. The predicted octanol–water partition coefficient (Wildman–Crippen LogP) is 4.79. The van der Waals surface area contributed by atoms with E-state index in [2.05, 4.69) is 20.7 Å². The fourth-order valence-electron chi connectivity index (χ4n) is 9.75. The predicted molar refractivity (Wildman–Crippen MR) is 216 cm³/mol. The zero-order chi connectivity index (χ0) is 40.5. The van der Waals surface area contributed by atoms with E-state index in [1.807, 2.05) is 30.4 Å². The standard InChI is InChI=1S/C43H56N6O8S/c1-41(20-21-41)58(54,55)48-39(52)43-23-27(43)10-6-4-3-5-7-13-33(46-40(53)44-28-11-8-9-12-28)38(51)49-25-42(24-34(49)37(50)47-43)19-18-30-31-22-29(56-2)16-17-32(31)45-35(26-14-15-26)36(30)57-42/h6,10,16-17,22,26-28,33-34H,3-5,7-9,11-15,18-21,23-25H2,1-2H3,(H,47,50)(H,48,52)(H2,44,46,53)/t27-,33+,34+,42-,43-/m1/s1. The van der Waals surface area contributed by atoms with E-state index >= 15 is 0 Å². The number of carbonyl (C=O) groups is 4. The summed E-state index contributed by atoms with van der Waals surface area (Å²) in [7, 11) is -2.35. The van der Waals surface area contributed by atoms with E-state index in [0.717, 1.165) is 79.9 Å². The number of rotatable bonds is 7. The number of hydrogen-bond donors (Lipinski definition) is 4. The van der Waals surface area contributed by atoms with Crippen LogP contribution in [0.3, 0.4) is 0 Å². The quantitative estimate of drug-likeness (QED) is 0.286. The van der Waals surface area contributed by atoms with Crippen LogP contribution in [0, 0.1) is 5.92 Å². The van der Waals surface area contributed by atoms with Gasteiger partial charge in [0.25, 0.3) is 5.91 Å². The lowest BCUT2D eigenvalue weighted by molar-refractivity contribution is -0.141. The number of amides is 5. The average molecular weight is 817 g/mol. The summed E-state index contributed by atoms with van der Waals surface area (Å²) in [6, 6.07) is 3.58. The number of nitrogens with zero attached hydrogens (tertiary/aromatic N) is 2. The van der Waals surface area contributed by atoms with Gasteiger partial charge in [-0.1, -0.05) is 37.8 Å². The van der Waals surface area contributed by atoms with Crippen LogP contribution in [0.15, 0.2) is 30.4 Å². The molecule has 2 aromatic rings. The number of carbonyl (C=O) groups excluding carboxylic acids is 4. The summed E-state index contributed by atoms with van der Waals surface area (Å²) in [6.45, 7) is 1.71. The Morgan fingerprint density at radius 3 is 2.50 bits per heavy atom. The van der Waals surface area contributed by atoms with Gasteiger partial charge < -0.3 is 30.3 Å². The van der Waals surface area contributed by atoms with E-state index in [1.54, 1.807) is 18.9 Å². The Labute approximate surface area is 340 Å². The normalized spacial score (nSPS) is 30.9. The number of fused-ring (bicyclic) bond motifs is 5. The van der Waals surface area contributed by atoms with Gasteiger partial charge in [-0.2, -0.15) is 0 Å². The van der Waals surface area contributed by atoms with E-state index < -0.39 is 61.8 Å². The van der Waals surface area contributed by atoms with Crippen molar-refractivity contribution in [3.8, 4) is 11.5 Å². The monoisotopic (exact) mass is 816 g/mol. The maximum absolute atomic E-state index is 14.9. The van der Waals surface area contributed by atoms with Crippen molar-refractivity contribution in [2.75, 3.05) is 13.7 Å². The molecule has 1 aromatic carbocycles. The van der Waals surface area contributed by atoms with Gasteiger partial charge in [-0.25, -0.2) is 18.2 Å². The number of hydrogen-bond acceptors (Lipinski definition) is 9. The van der Waals surface area contributed by atoms with Crippen molar-refractivity contribution in [3.05, 3.63) is 41.6 Å². The van der Waals surface area contributed by atoms with Gasteiger partial charge in [-0.3, -0.25) is 19.1 Å². The number of sulfonamides is 1. The van der Waals surface area contributed by atoms with Gasteiger partial charge in [0, 0.05) is 35.2 Å².